The molecule has 1 unspecified atom stereocenters. The molecule has 0 spiro atoms. The Morgan fingerprint density at radius 1 is 1.28 bits per heavy atom. The van der Waals surface area contributed by atoms with Crippen molar-refractivity contribution in [2.24, 2.45) is 7.05 Å². The third-order valence-electron chi connectivity index (χ3n) is 4.03. The van der Waals surface area contributed by atoms with E-state index in [9.17, 15) is 18.0 Å². The minimum Gasteiger partial charge on any atom is -0.406 e. The van der Waals surface area contributed by atoms with Crippen molar-refractivity contribution >= 4 is 5.91 Å². The van der Waals surface area contributed by atoms with Crippen molar-refractivity contribution in [3.05, 3.63) is 53.9 Å². The van der Waals surface area contributed by atoms with Crippen LogP contribution in [0.1, 0.15) is 22.1 Å². The Morgan fingerprint density at radius 3 is 2.76 bits per heavy atom. The summed E-state index contributed by atoms with van der Waals surface area (Å²) >= 11 is 0. The molecule has 0 N–H and O–H groups in total. The number of ether oxygens (including phenoxy) is 2. The van der Waals surface area contributed by atoms with E-state index in [2.05, 4.69) is 4.74 Å². The average molecular weight is 354 g/mol. The number of aryl methyl sites for hydroxylation is 1. The summed E-state index contributed by atoms with van der Waals surface area (Å²) in [4.78, 5) is 14.5. The van der Waals surface area contributed by atoms with Crippen LogP contribution in [0.4, 0.5) is 13.2 Å². The molecule has 0 bridgehead atoms. The van der Waals surface area contributed by atoms with E-state index >= 15 is 0 Å². The predicted molar refractivity (Wildman–Crippen MR) is 83.1 cm³/mol. The first-order valence-electron chi connectivity index (χ1n) is 7.71. The molecular formula is C17H17F3N2O3. The molecule has 0 saturated carbocycles. The normalized spacial score (nSPS) is 18.2. The van der Waals surface area contributed by atoms with Crippen LogP contribution < -0.4 is 4.74 Å². The summed E-state index contributed by atoms with van der Waals surface area (Å²) in [6.45, 7) is 1.08. The van der Waals surface area contributed by atoms with Crippen LogP contribution in [-0.2, 0) is 11.8 Å². The molecule has 0 radical (unpaired) electrons. The van der Waals surface area contributed by atoms with Gasteiger partial charge in [0.25, 0.3) is 5.91 Å². The number of alkyl halides is 3. The number of rotatable bonds is 3. The highest BCUT2D eigenvalue weighted by atomic mass is 19.4. The zero-order valence-corrected chi connectivity index (χ0v) is 13.5. The maximum absolute atomic E-state index is 12.9. The van der Waals surface area contributed by atoms with Gasteiger partial charge in [-0.1, -0.05) is 6.07 Å². The van der Waals surface area contributed by atoms with Crippen LogP contribution in [0.15, 0.2) is 42.6 Å². The van der Waals surface area contributed by atoms with Crippen LogP contribution in [0.25, 0.3) is 0 Å². The van der Waals surface area contributed by atoms with E-state index in [0.29, 0.717) is 19.8 Å². The number of hydrogen-bond donors (Lipinski definition) is 0. The molecular weight excluding hydrogens is 337 g/mol. The Hall–Kier alpha value is -2.48. The van der Waals surface area contributed by atoms with Crippen molar-refractivity contribution < 1.29 is 27.4 Å². The number of morpholine rings is 1. The third-order valence-corrected chi connectivity index (χ3v) is 4.03. The van der Waals surface area contributed by atoms with E-state index in [-0.39, 0.29) is 17.5 Å². The van der Waals surface area contributed by atoms with Gasteiger partial charge in [0.2, 0.25) is 0 Å². The van der Waals surface area contributed by atoms with E-state index in [0.717, 1.165) is 17.8 Å². The number of aromatic nitrogens is 1. The van der Waals surface area contributed by atoms with Gasteiger partial charge < -0.3 is 18.9 Å². The topological polar surface area (TPSA) is 43.7 Å². The standard InChI is InChI=1S/C17H17F3N2O3/c1-21-7-3-6-14(21)15-11-24-9-8-22(15)16(23)12-4-2-5-13(10-12)25-17(18,19)20/h2-7,10,15H,8-9,11H2,1H3. The third kappa shape index (κ3) is 3.96. The van der Waals surface area contributed by atoms with E-state index in [1.54, 1.807) is 4.90 Å². The van der Waals surface area contributed by atoms with Crippen molar-refractivity contribution in [1.29, 1.82) is 0 Å². The molecule has 0 aliphatic carbocycles. The van der Waals surface area contributed by atoms with Crippen molar-refractivity contribution in [2.75, 3.05) is 19.8 Å². The Labute approximate surface area is 142 Å². The molecule has 25 heavy (non-hydrogen) atoms. The molecule has 134 valence electrons. The van der Waals surface area contributed by atoms with Gasteiger partial charge in [-0.3, -0.25) is 4.79 Å². The highest BCUT2D eigenvalue weighted by Gasteiger charge is 2.33. The summed E-state index contributed by atoms with van der Waals surface area (Å²) in [7, 11) is 1.87. The van der Waals surface area contributed by atoms with Crippen LogP contribution in [-0.4, -0.2) is 41.5 Å². The lowest BCUT2D eigenvalue weighted by Crippen LogP contribution is -2.44. The summed E-state index contributed by atoms with van der Waals surface area (Å²) in [6.07, 6.45) is -2.93. The second-order valence-corrected chi connectivity index (χ2v) is 5.71. The van der Waals surface area contributed by atoms with Gasteiger partial charge in [-0.25, -0.2) is 0 Å². The first-order chi connectivity index (χ1) is 11.8. The Bertz CT molecular complexity index is 758. The molecule has 2 aromatic rings. The van der Waals surface area contributed by atoms with E-state index < -0.39 is 12.1 Å². The molecule has 1 aliphatic rings. The summed E-state index contributed by atoms with van der Waals surface area (Å²) < 4.78 is 48.4. The highest BCUT2D eigenvalue weighted by molar-refractivity contribution is 5.95. The fourth-order valence-corrected chi connectivity index (χ4v) is 2.90. The van der Waals surface area contributed by atoms with E-state index in [1.165, 1.54) is 12.1 Å². The van der Waals surface area contributed by atoms with Crippen LogP contribution in [0.5, 0.6) is 5.75 Å². The minimum absolute atomic E-state index is 0.142. The van der Waals surface area contributed by atoms with Crippen LogP contribution in [0.3, 0.4) is 0 Å². The SMILES string of the molecule is Cn1cccc1C1COCCN1C(=O)c1cccc(OC(F)(F)F)c1. The van der Waals surface area contributed by atoms with Gasteiger partial charge >= 0.3 is 6.36 Å². The summed E-state index contributed by atoms with van der Waals surface area (Å²) in [5.41, 5.74) is 1.04. The van der Waals surface area contributed by atoms with Gasteiger partial charge in [-0.05, 0) is 30.3 Å². The molecule has 3 rings (SSSR count). The number of hydrogen-bond acceptors (Lipinski definition) is 3. The number of halogens is 3. The lowest BCUT2D eigenvalue weighted by atomic mass is 10.1. The fourth-order valence-electron chi connectivity index (χ4n) is 2.90. The fraction of sp³-hybridized carbons (Fsp3) is 0.353. The van der Waals surface area contributed by atoms with Crippen LogP contribution in [0, 0.1) is 0 Å². The molecule has 5 nitrogen and oxygen atoms in total. The first kappa shape index (κ1) is 17.3. The number of carbonyl (C=O) groups excluding carboxylic acids is 1. The maximum Gasteiger partial charge on any atom is 0.573 e. The van der Waals surface area contributed by atoms with Crippen molar-refractivity contribution in [1.82, 2.24) is 9.47 Å². The first-order valence-corrected chi connectivity index (χ1v) is 7.71. The minimum atomic E-state index is -4.80. The van der Waals surface area contributed by atoms with E-state index in [4.69, 9.17) is 4.74 Å². The molecule has 1 aliphatic heterocycles. The highest BCUT2D eigenvalue weighted by Crippen LogP contribution is 2.28. The molecule has 1 saturated heterocycles. The summed E-state index contributed by atoms with van der Waals surface area (Å²) in [5.74, 6) is -0.774. The average Bonchev–Trinajstić information content (AvgIpc) is 2.99. The molecule has 1 atom stereocenters. The van der Waals surface area contributed by atoms with E-state index in [1.807, 2.05) is 29.9 Å². The van der Waals surface area contributed by atoms with Crippen LogP contribution >= 0.6 is 0 Å². The van der Waals surface area contributed by atoms with Gasteiger partial charge in [0.05, 0.1) is 19.3 Å². The zero-order chi connectivity index (χ0) is 18.0. The number of benzene rings is 1. The van der Waals surface area contributed by atoms with Crippen molar-refractivity contribution in [3.63, 3.8) is 0 Å². The summed E-state index contributed by atoms with van der Waals surface area (Å²) in [6, 6.07) is 8.57. The number of amides is 1. The monoisotopic (exact) mass is 354 g/mol. The Balaban J connectivity index is 1.86. The largest absolute Gasteiger partial charge is 0.573 e. The van der Waals surface area contributed by atoms with Crippen LogP contribution in [0.2, 0.25) is 0 Å². The second kappa shape index (κ2) is 6.79. The lowest BCUT2D eigenvalue weighted by molar-refractivity contribution is -0.274. The lowest BCUT2D eigenvalue weighted by Gasteiger charge is -2.36. The van der Waals surface area contributed by atoms with Gasteiger partial charge in [0.1, 0.15) is 5.75 Å². The van der Waals surface area contributed by atoms with Gasteiger partial charge in [-0.15, -0.1) is 13.2 Å². The van der Waals surface area contributed by atoms with Gasteiger partial charge in [0, 0.05) is 31.0 Å². The molecule has 1 aromatic heterocycles. The quantitative estimate of drug-likeness (QED) is 0.851. The number of nitrogens with zero attached hydrogens (tertiary/aromatic N) is 2. The molecule has 1 fully saturated rings. The molecule has 1 amide bonds. The smallest absolute Gasteiger partial charge is 0.406 e. The van der Waals surface area contributed by atoms with Gasteiger partial charge in [-0.2, -0.15) is 0 Å². The second-order valence-electron chi connectivity index (χ2n) is 5.71. The predicted octanol–water partition coefficient (Wildman–Crippen LogP) is 3.14. The van der Waals surface area contributed by atoms with Gasteiger partial charge in [0.15, 0.2) is 0 Å². The molecule has 2 heterocycles. The van der Waals surface area contributed by atoms with Crippen molar-refractivity contribution in [3.8, 4) is 5.75 Å². The molecule has 1 aromatic carbocycles. The summed E-state index contributed by atoms with van der Waals surface area (Å²) in [5, 5.41) is 0. The zero-order valence-electron chi connectivity index (χ0n) is 13.5. The Kier molecular flexibility index (Phi) is 4.71. The number of carbonyl (C=O) groups is 1. The maximum atomic E-state index is 12.9. The van der Waals surface area contributed by atoms with Crippen molar-refractivity contribution in [2.45, 2.75) is 12.4 Å². The Morgan fingerprint density at radius 2 is 2.08 bits per heavy atom. The molecule has 8 heteroatoms.